The molecule has 0 unspecified atom stereocenters. The molecule has 0 fully saturated rings. The van der Waals surface area contributed by atoms with Crippen molar-refractivity contribution < 1.29 is 21.6 Å². The molecule has 7 heteroatoms. The number of nitrogens with one attached hydrogen (secondary N) is 1. The zero-order valence-electron chi connectivity index (χ0n) is 11.9. The van der Waals surface area contributed by atoms with Crippen molar-refractivity contribution in [2.75, 3.05) is 4.72 Å². The van der Waals surface area contributed by atoms with Gasteiger partial charge in [0.05, 0.1) is 10.5 Å². The molecule has 2 aromatic carbocycles. The fourth-order valence-corrected chi connectivity index (χ4v) is 3.11. The van der Waals surface area contributed by atoms with Crippen molar-refractivity contribution in [3.05, 3.63) is 59.2 Å². The van der Waals surface area contributed by atoms with Gasteiger partial charge in [0.25, 0.3) is 10.0 Å². The summed E-state index contributed by atoms with van der Waals surface area (Å²) in [6, 6.07) is 8.55. The van der Waals surface area contributed by atoms with E-state index in [2.05, 4.69) is 4.72 Å². The van der Waals surface area contributed by atoms with E-state index in [0.29, 0.717) is 5.69 Å². The smallest absolute Gasteiger partial charge is 0.280 e. The summed E-state index contributed by atoms with van der Waals surface area (Å²) in [6.45, 7) is 3.64. The minimum atomic E-state index is -4.50. The maximum Gasteiger partial charge on any atom is 0.416 e. The molecule has 0 spiro atoms. The van der Waals surface area contributed by atoms with Crippen molar-refractivity contribution in [3.63, 3.8) is 0 Å². The van der Waals surface area contributed by atoms with Crippen LogP contribution in [0.1, 0.15) is 16.7 Å². The Labute approximate surface area is 126 Å². The number of halogens is 3. The molecule has 0 radical (unpaired) electrons. The van der Waals surface area contributed by atoms with Crippen LogP contribution >= 0.6 is 0 Å². The van der Waals surface area contributed by atoms with E-state index in [-0.39, 0.29) is 4.90 Å². The van der Waals surface area contributed by atoms with Crippen molar-refractivity contribution in [1.82, 2.24) is 0 Å². The number of benzene rings is 2. The lowest BCUT2D eigenvalue weighted by molar-refractivity contribution is -0.137. The van der Waals surface area contributed by atoms with Crippen LogP contribution in [0, 0.1) is 13.8 Å². The van der Waals surface area contributed by atoms with Crippen LogP contribution in [-0.4, -0.2) is 8.42 Å². The van der Waals surface area contributed by atoms with Gasteiger partial charge in [0.15, 0.2) is 0 Å². The van der Waals surface area contributed by atoms with E-state index in [0.717, 1.165) is 35.4 Å². The lowest BCUT2D eigenvalue weighted by Crippen LogP contribution is -2.14. The van der Waals surface area contributed by atoms with E-state index in [1.807, 2.05) is 19.9 Å². The van der Waals surface area contributed by atoms with Gasteiger partial charge in [-0.3, -0.25) is 4.72 Å². The Balaban J connectivity index is 2.30. The minimum absolute atomic E-state index is 0.223. The quantitative estimate of drug-likeness (QED) is 0.920. The zero-order chi connectivity index (χ0) is 16.5. The molecule has 0 amide bonds. The fraction of sp³-hybridized carbons (Fsp3) is 0.200. The summed E-state index contributed by atoms with van der Waals surface area (Å²) in [5.41, 5.74) is 1.24. The summed E-state index contributed by atoms with van der Waals surface area (Å²) in [7, 11) is -3.93. The Morgan fingerprint density at radius 3 is 1.86 bits per heavy atom. The molecule has 0 saturated carbocycles. The summed E-state index contributed by atoms with van der Waals surface area (Å²) in [5.74, 6) is 0. The normalized spacial score (nSPS) is 12.2. The molecule has 0 aliphatic carbocycles. The van der Waals surface area contributed by atoms with Gasteiger partial charge >= 0.3 is 6.18 Å². The van der Waals surface area contributed by atoms with Crippen LogP contribution in [0.5, 0.6) is 0 Å². The average Bonchev–Trinajstić information content (AvgIpc) is 2.36. The number of alkyl halides is 3. The van der Waals surface area contributed by atoms with Gasteiger partial charge in [-0.15, -0.1) is 0 Å². The molecule has 118 valence electrons. The lowest BCUT2D eigenvalue weighted by atomic mass is 10.1. The van der Waals surface area contributed by atoms with Gasteiger partial charge < -0.3 is 0 Å². The minimum Gasteiger partial charge on any atom is -0.280 e. The molecule has 0 bridgehead atoms. The lowest BCUT2D eigenvalue weighted by Gasteiger charge is -2.11. The highest BCUT2D eigenvalue weighted by atomic mass is 32.2. The van der Waals surface area contributed by atoms with Gasteiger partial charge in [0.2, 0.25) is 0 Å². The van der Waals surface area contributed by atoms with Crippen molar-refractivity contribution in [1.29, 1.82) is 0 Å². The molecule has 0 aromatic heterocycles. The topological polar surface area (TPSA) is 46.2 Å². The molecule has 0 saturated heterocycles. The molecule has 0 aliphatic heterocycles. The third kappa shape index (κ3) is 3.79. The van der Waals surface area contributed by atoms with Crippen molar-refractivity contribution in [2.24, 2.45) is 0 Å². The van der Waals surface area contributed by atoms with Gasteiger partial charge in [-0.1, -0.05) is 6.07 Å². The van der Waals surface area contributed by atoms with E-state index >= 15 is 0 Å². The second kappa shape index (κ2) is 5.64. The number of rotatable bonds is 3. The maximum atomic E-state index is 12.5. The number of aryl methyl sites for hydroxylation is 2. The van der Waals surface area contributed by atoms with Gasteiger partial charge in [0.1, 0.15) is 0 Å². The fourth-order valence-electron chi connectivity index (χ4n) is 2.07. The van der Waals surface area contributed by atoms with Crippen molar-refractivity contribution in [2.45, 2.75) is 24.9 Å². The first-order valence-electron chi connectivity index (χ1n) is 6.36. The molecule has 3 nitrogen and oxygen atoms in total. The largest absolute Gasteiger partial charge is 0.416 e. The number of hydrogen-bond acceptors (Lipinski definition) is 2. The average molecular weight is 329 g/mol. The van der Waals surface area contributed by atoms with E-state index in [4.69, 9.17) is 0 Å². The molecule has 22 heavy (non-hydrogen) atoms. The molecular weight excluding hydrogens is 315 g/mol. The maximum absolute atomic E-state index is 12.5. The molecule has 0 atom stereocenters. The van der Waals surface area contributed by atoms with Crippen LogP contribution in [0.2, 0.25) is 0 Å². The number of hydrogen-bond donors (Lipinski definition) is 1. The Hall–Kier alpha value is -2.02. The number of sulfonamides is 1. The van der Waals surface area contributed by atoms with E-state index in [9.17, 15) is 21.6 Å². The van der Waals surface area contributed by atoms with Crippen LogP contribution in [0.25, 0.3) is 0 Å². The summed E-state index contributed by atoms with van der Waals surface area (Å²) in [4.78, 5) is -0.223. The highest BCUT2D eigenvalue weighted by Gasteiger charge is 2.30. The second-order valence-electron chi connectivity index (χ2n) is 5.00. The molecule has 2 rings (SSSR count). The highest BCUT2D eigenvalue weighted by Crippen LogP contribution is 2.30. The second-order valence-corrected chi connectivity index (χ2v) is 6.69. The van der Waals surface area contributed by atoms with Gasteiger partial charge in [0, 0.05) is 5.69 Å². The predicted molar refractivity (Wildman–Crippen MR) is 78.2 cm³/mol. The first kappa shape index (κ1) is 16.4. The Bertz CT molecular complexity index is 761. The van der Waals surface area contributed by atoms with Gasteiger partial charge in [-0.25, -0.2) is 8.42 Å². The molecule has 1 N–H and O–H groups in total. The first-order valence-corrected chi connectivity index (χ1v) is 7.85. The van der Waals surface area contributed by atoms with Crippen LogP contribution in [-0.2, 0) is 16.2 Å². The standard InChI is InChI=1S/C15H14F3NO2S/c1-10-7-11(2)9-13(8-10)19-22(20,21)14-5-3-12(4-6-14)15(16,17)18/h3-9,19H,1-2H3. The Morgan fingerprint density at radius 1 is 0.909 bits per heavy atom. The number of anilines is 1. The summed E-state index contributed by atoms with van der Waals surface area (Å²) < 4.78 is 64.2. The summed E-state index contributed by atoms with van der Waals surface area (Å²) >= 11 is 0. The van der Waals surface area contributed by atoms with Crippen LogP contribution in [0.3, 0.4) is 0 Å². The van der Waals surface area contributed by atoms with Crippen LogP contribution < -0.4 is 4.72 Å². The monoisotopic (exact) mass is 329 g/mol. The highest BCUT2D eigenvalue weighted by molar-refractivity contribution is 7.92. The van der Waals surface area contributed by atoms with Crippen molar-refractivity contribution in [3.8, 4) is 0 Å². The van der Waals surface area contributed by atoms with Gasteiger partial charge in [-0.2, -0.15) is 13.2 Å². The Kier molecular flexibility index (Phi) is 4.19. The molecule has 0 aliphatic rings. The van der Waals surface area contributed by atoms with E-state index < -0.39 is 21.8 Å². The zero-order valence-corrected chi connectivity index (χ0v) is 12.7. The SMILES string of the molecule is Cc1cc(C)cc(NS(=O)(=O)c2ccc(C(F)(F)F)cc2)c1. The van der Waals surface area contributed by atoms with E-state index in [1.165, 1.54) is 0 Å². The van der Waals surface area contributed by atoms with Gasteiger partial charge in [-0.05, 0) is 61.4 Å². The summed E-state index contributed by atoms with van der Waals surface area (Å²) in [5, 5.41) is 0. The van der Waals surface area contributed by atoms with Crippen LogP contribution in [0.15, 0.2) is 47.4 Å². The predicted octanol–water partition coefficient (Wildman–Crippen LogP) is 4.12. The molecule has 2 aromatic rings. The third-order valence-corrected chi connectivity index (χ3v) is 4.36. The van der Waals surface area contributed by atoms with Crippen molar-refractivity contribution >= 4 is 15.7 Å². The summed E-state index contributed by atoms with van der Waals surface area (Å²) in [6.07, 6.45) is -4.50. The van der Waals surface area contributed by atoms with E-state index in [1.54, 1.807) is 12.1 Å². The molecule has 0 heterocycles. The third-order valence-electron chi connectivity index (χ3n) is 2.97. The molecular formula is C15H14F3NO2S. The van der Waals surface area contributed by atoms with Crippen LogP contribution in [0.4, 0.5) is 18.9 Å². The Morgan fingerprint density at radius 2 is 1.41 bits per heavy atom. The first-order chi connectivity index (χ1) is 10.1.